The van der Waals surface area contributed by atoms with Gasteiger partial charge < -0.3 is 10.2 Å². The molecule has 35 heavy (non-hydrogen) atoms. The maximum atomic E-state index is 13.8. The molecule has 1 saturated carbocycles. The Morgan fingerprint density at radius 3 is 2.71 bits per heavy atom. The SMILES string of the molecule is Cc1cccc(-c2sc(C)nc2C(=O)N2C[C@@H]3C[C@@H]3[C@H]2CNC(=O)c2cccc3ccccc23)c1. The standard InChI is InChI=1S/C29H27N3O2S/c1-17-7-5-10-20(13-17)27-26(31-18(2)35-27)29(34)32-16-21-14-24(21)25(32)15-30-28(33)23-12-6-9-19-8-3-4-11-22(19)23/h3-13,21,24-25H,14-16H2,1-2H3,(H,30,33)/t21-,24-,25+/m0/s1. The number of benzene rings is 3. The number of hydrogen-bond donors (Lipinski definition) is 1. The third-order valence-corrected chi connectivity index (χ3v) is 8.31. The summed E-state index contributed by atoms with van der Waals surface area (Å²) in [7, 11) is 0. The molecule has 2 fully saturated rings. The summed E-state index contributed by atoms with van der Waals surface area (Å²) in [5.41, 5.74) is 3.39. The molecule has 5 nitrogen and oxygen atoms in total. The predicted octanol–water partition coefficient (Wildman–Crippen LogP) is 5.47. The molecule has 1 saturated heterocycles. The summed E-state index contributed by atoms with van der Waals surface area (Å²) in [4.78, 5) is 34.4. The van der Waals surface area contributed by atoms with Crippen molar-refractivity contribution in [3.8, 4) is 10.4 Å². The van der Waals surface area contributed by atoms with Crippen molar-refractivity contribution in [1.82, 2.24) is 15.2 Å². The lowest BCUT2D eigenvalue weighted by atomic mass is 10.0. The molecule has 0 radical (unpaired) electrons. The van der Waals surface area contributed by atoms with Gasteiger partial charge in [-0.1, -0.05) is 66.2 Å². The van der Waals surface area contributed by atoms with E-state index in [2.05, 4.69) is 29.4 Å². The zero-order valence-electron chi connectivity index (χ0n) is 19.8. The second kappa shape index (κ2) is 8.61. The first-order valence-electron chi connectivity index (χ1n) is 12.1. The van der Waals surface area contributed by atoms with Crippen molar-refractivity contribution in [2.24, 2.45) is 11.8 Å². The third-order valence-electron chi connectivity index (χ3n) is 7.29. The van der Waals surface area contributed by atoms with Gasteiger partial charge in [0.25, 0.3) is 11.8 Å². The highest BCUT2D eigenvalue weighted by atomic mass is 32.1. The second-order valence-corrected chi connectivity index (χ2v) is 10.9. The van der Waals surface area contributed by atoms with E-state index in [1.54, 1.807) is 11.3 Å². The molecule has 0 spiro atoms. The highest BCUT2D eigenvalue weighted by Gasteiger charge is 2.54. The van der Waals surface area contributed by atoms with Crippen molar-refractivity contribution in [1.29, 1.82) is 0 Å². The molecule has 0 unspecified atom stereocenters. The number of amides is 2. The normalized spacial score (nSPS) is 20.6. The molecular weight excluding hydrogens is 454 g/mol. The first-order chi connectivity index (χ1) is 17.0. The van der Waals surface area contributed by atoms with Crippen molar-refractivity contribution in [2.45, 2.75) is 26.3 Å². The highest BCUT2D eigenvalue weighted by Crippen LogP contribution is 2.50. The van der Waals surface area contributed by atoms with Gasteiger partial charge in [-0.2, -0.15) is 0 Å². The maximum absolute atomic E-state index is 13.8. The van der Waals surface area contributed by atoms with E-state index in [0.717, 1.165) is 44.7 Å². The highest BCUT2D eigenvalue weighted by molar-refractivity contribution is 7.15. The van der Waals surface area contributed by atoms with Crippen LogP contribution in [-0.4, -0.2) is 40.8 Å². The van der Waals surface area contributed by atoms with Gasteiger partial charge in [-0.05, 0) is 54.5 Å². The number of fused-ring (bicyclic) bond motifs is 2. The van der Waals surface area contributed by atoms with Gasteiger partial charge in [-0.25, -0.2) is 4.98 Å². The molecular formula is C29H27N3O2S. The predicted molar refractivity (Wildman–Crippen MR) is 140 cm³/mol. The van der Waals surface area contributed by atoms with Crippen LogP contribution >= 0.6 is 11.3 Å². The van der Waals surface area contributed by atoms with Crippen LogP contribution in [0.25, 0.3) is 21.2 Å². The molecule has 2 amide bonds. The topological polar surface area (TPSA) is 62.3 Å². The largest absolute Gasteiger partial charge is 0.350 e. The fourth-order valence-corrected chi connectivity index (χ4v) is 6.38. The van der Waals surface area contributed by atoms with E-state index < -0.39 is 0 Å². The summed E-state index contributed by atoms with van der Waals surface area (Å²) < 4.78 is 0. The number of thiazole rings is 1. The van der Waals surface area contributed by atoms with E-state index in [0.29, 0.717) is 29.6 Å². The van der Waals surface area contributed by atoms with Crippen molar-refractivity contribution >= 4 is 33.9 Å². The number of nitrogens with zero attached hydrogens (tertiary/aromatic N) is 2. The molecule has 3 atom stereocenters. The number of carbonyl (C=O) groups excluding carboxylic acids is 2. The van der Waals surface area contributed by atoms with E-state index >= 15 is 0 Å². The average molecular weight is 482 g/mol. The zero-order chi connectivity index (χ0) is 24.1. The summed E-state index contributed by atoms with van der Waals surface area (Å²) in [5.74, 6) is 0.861. The zero-order valence-corrected chi connectivity index (χ0v) is 20.6. The van der Waals surface area contributed by atoms with Gasteiger partial charge >= 0.3 is 0 Å². The summed E-state index contributed by atoms with van der Waals surface area (Å²) >= 11 is 1.56. The summed E-state index contributed by atoms with van der Waals surface area (Å²) in [6, 6.07) is 21.9. The Kier molecular flexibility index (Phi) is 5.41. The minimum absolute atomic E-state index is 0.00112. The lowest BCUT2D eigenvalue weighted by Crippen LogP contribution is -2.45. The Labute approximate surface area is 208 Å². The Morgan fingerprint density at radius 2 is 1.86 bits per heavy atom. The third kappa shape index (κ3) is 4.02. The first-order valence-corrected chi connectivity index (χ1v) is 12.9. The molecule has 1 aliphatic heterocycles. The second-order valence-electron chi connectivity index (χ2n) is 9.70. The molecule has 0 bridgehead atoms. The maximum Gasteiger partial charge on any atom is 0.274 e. The van der Waals surface area contributed by atoms with Crippen molar-refractivity contribution < 1.29 is 9.59 Å². The fourth-order valence-electron chi connectivity index (χ4n) is 5.47. The molecule has 4 aromatic rings. The van der Waals surface area contributed by atoms with Gasteiger partial charge in [0.1, 0.15) is 5.69 Å². The van der Waals surface area contributed by atoms with Crippen LogP contribution in [-0.2, 0) is 0 Å². The number of carbonyl (C=O) groups is 2. The van der Waals surface area contributed by atoms with E-state index in [1.165, 1.54) is 0 Å². The lowest BCUT2D eigenvalue weighted by Gasteiger charge is -2.27. The van der Waals surface area contributed by atoms with Gasteiger partial charge in [0, 0.05) is 18.7 Å². The molecule has 1 aromatic heterocycles. The van der Waals surface area contributed by atoms with Gasteiger partial charge in [-0.15, -0.1) is 11.3 Å². The Bertz CT molecular complexity index is 1450. The molecule has 2 aliphatic rings. The van der Waals surface area contributed by atoms with Gasteiger partial charge in [-0.3, -0.25) is 9.59 Å². The number of aryl methyl sites for hydroxylation is 2. The first kappa shape index (κ1) is 22.0. The van der Waals surface area contributed by atoms with E-state index in [4.69, 9.17) is 0 Å². The van der Waals surface area contributed by atoms with Crippen LogP contribution in [0.2, 0.25) is 0 Å². The van der Waals surface area contributed by atoms with Crippen molar-refractivity contribution in [3.05, 3.63) is 88.6 Å². The molecule has 2 heterocycles. The number of nitrogens with one attached hydrogen (secondary N) is 1. The molecule has 6 heteroatoms. The molecule has 6 rings (SSSR count). The van der Waals surface area contributed by atoms with Crippen LogP contribution in [0, 0.1) is 25.7 Å². The van der Waals surface area contributed by atoms with Gasteiger partial charge in [0.2, 0.25) is 0 Å². The molecule has 176 valence electrons. The van der Waals surface area contributed by atoms with E-state index in [9.17, 15) is 9.59 Å². The van der Waals surface area contributed by atoms with Gasteiger partial charge in [0.15, 0.2) is 0 Å². The summed E-state index contributed by atoms with van der Waals surface area (Å²) in [5, 5.41) is 6.00. The van der Waals surface area contributed by atoms with Crippen LogP contribution in [0.1, 0.15) is 37.8 Å². The van der Waals surface area contributed by atoms with Crippen LogP contribution in [0.4, 0.5) is 0 Å². The Morgan fingerprint density at radius 1 is 1.06 bits per heavy atom. The Hall–Kier alpha value is -3.51. The van der Waals surface area contributed by atoms with Crippen molar-refractivity contribution in [3.63, 3.8) is 0 Å². The van der Waals surface area contributed by atoms with Crippen LogP contribution in [0.3, 0.4) is 0 Å². The summed E-state index contributed by atoms with van der Waals surface area (Å²) in [6.45, 7) is 5.20. The quantitative estimate of drug-likeness (QED) is 0.411. The minimum atomic E-state index is -0.0942. The Balaban J connectivity index is 1.23. The number of likely N-dealkylation sites (tertiary alicyclic amines) is 1. The lowest BCUT2D eigenvalue weighted by molar-refractivity contribution is 0.0690. The van der Waals surface area contributed by atoms with Crippen molar-refractivity contribution in [2.75, 3.05) is 13.1 Å². The van der Waals surface area contributed by atoms with Crippen LogP contribution in [0.15, 0.2) is 66.7 Å². The van der Waals surface area contributed by atoms with Crippen LogP contribution in [0.5, 0.6) is 0 Å². The van der Waals surface area contributed by atoms with E-state index in [1.807, 2.05) is 66.4 Å². The smallest absolute Gasteiger partial charge is 0.274 e. The van der Waals surface area contributed by atoms with Crippen LogP contribution < -0.4 is 5.32 Å². The number of hydrogen-bond acceptors (Lipinski definition) is 4. The summed E-state index contributed by atoms with van der Waals surface area (Å²) in [6.07, 6.45) is 1.12. The molecule has 3 aromatic carbocycles. The monoisotopic (exact) mass is 481 g/mol. The average Bonchev–Trinajstić information content (AvgIpc) is 3.38. The fraction of sp³-hybridized carbons (Fsp3) is 0.276. The van der Waals surface area contributed by atoms with Gasteiger partial charge in [0.05, 0.1) is 15.9 Å². The molecule has 1 aliphatic carbocycles. The number of aromatic nitrogens is 1. The molecule has 1 N–H and O–H groups in total. The number of piperidine rings is 1. The minimum Gasteiger partial charge on any atom is -0.350 e. The van der Waals surface area contributed by atoms with E-state index in [-0.39, 0.29) is 17.9 Å². The number of rotatable bonds is 5.